The minimum absolute atomic E-state index is 0.0748. The highest BCUT2D eigenvalue weighted by molar-refractivity contribution is 5.98. The van der Waals surface area contributed by atoms with Gasteiger partial charge in [0.15, 0.2) is 0 Å². The first-order valence-electron chi connectivity index (χ1n) is 10.1. The first-order chi connectivity index (χ1) is 14.9. The van der Waals surface area contributed by atoms with E-state index in [9.17, 15) is 13.6 Å². The van der Waals surface area contributed by atoms with Crippen LogP contribution in [-0.4, -0.2) is 49.8 Å². The third-order valence-electron chi connectivity index (χ3n) is 5.71. The molecule has 158 valence electrons. The van der Waals surface area contributed by atoms with E-state index in [0.717, 1.165) is 33.3 Å². The van der Waals surface area contributed by atoms with Gasteiger partial charge in [-0.05, 0) is 29.3 Å². The van der Waals surface area contributed by atoms with Crippen molar-refractivity contribution >= 4 is 16.8 Å². The van der Waals surface area contributed by atoms with E-state index in [0.29, 0.717) is 12.0 Å². The van der Waals surface area contributed by atoms with Crippen molar-refractivity contribution < 1.29 is 13.6 Å². The summed E-state index contributed by atoms with van der Waals surface area (Å²) in [5.41, 5.74) is 5.24. The number of amides is 1. The van der Waals surface area contributed by atoms with Gasteiger partial charge in [-0.2, -0.15) is 10.2 Å². The highest BCUT2D eigenvalue weighted by atomic mass is 19.3. The average molecular weight is 421 g/mol. The molecule has 2 aromatic heterocycles. The number of fused-ring (bicyclic) bond motifs is 1. The molecule has 0 radical (unpaired) electrons. The zero-order chi connectivity index (χ0) is 21.6. The van der Waals surface area contributed by atoms with Gasteiger partial charge in [-0.25, -0.2) is 8.78 Å². The van der Waals surface area contributed by atoms with E-state index in [1.807, 2.05) is 43.7 Å². The predicted molar refractivity (Wildman–Crippen MR) is 113 cm³/mol. The summed E-state index contributed by atoms with van der Waals surface area (Å²) in [4.78, 5) is 13.9. The topological polar surface area (TPSA) is 66.8 Å². The van der Waals surface area contributed by atoms with Crippen LogP contribution in [0.4, 0.5) is 8.78 Å². The maximum atomic E-state index is 13.5. The summed E-state index contributed by atoms with van der Waals surface area (Å²) < 4.78 is 28.8. The Morgan fingerprint density at radius 1 is 1.16 bits per heavy atom. The molecule has 2 aromatic carbocycles. The fourth-order valence-corrected chi connectivity index (χ4v) is 4.01. The van der Waals surface area contributed by atoms with Crippen LogP contribution in [0.3, 0.4) is 0 Å². The normalized spacial score (nSPS) is 15.6. The number of hydrogen-bond donors (Lipinski definition) is 1. The molecule has 1 saturated heterocycles. The van der Waals surface area contributed by atoms with Gasteiger partial charge in [-0.15, -0.1) is 0 Å². The number of carbonyl (C=O) groups is 1. The summed E-state index contributed by atoms with van der Waals surface area (Å²) in [6.07, 6.45) is 4.09. The van der Waals surface area contributed by atoms with Gasteiger partial charge >= 0.3 is 0 Å². The molecular formula is C23H21F2N5O. The monoisotopic (exact) mass is 421 g/mol. The van der Waals surface area contributed by atoms with Gasteiger partial charge in [-0.3, -0.25) is 14.6 Å². The number of halogens is 2. The maximum Gasteiger partial charge on any atom is 0.267 e. The van der Waals surface area contributed by atoms with Crippen LogP contribution >= 0.6 is 0 Å². The van der Waals surface area contributed by atoms with Crippen molar-refractivity contribution in [3.63, 3.8) is 0 Å². The van der Waals surface area contributed by atoms with E-state index in [2.05, 4.69) is 15.3 Å². The third kappa shape index (κ3) is 3.81. The quantitative estimate of drug-likeness (QED) is 0.541. The number of aromatic amines is 1. The van der Waals surface area contributed by atoms with Gasteiger partial charge in [0, 0.05) is 49.1 Å². The van der Waals surface area contributed by atoms with Crippen LogP contribution in [0.5, 0.6) is 0 Å². The first-order valence-corrected chi connectivity index (χ1v) is 10.1. The van der Waals surface area contributed by atoms with E-state index in [-0.39, 0.29) is 18.9 Å². The number of nitrogens with zero attached hydrogens (tertiary/aromatic N) is 4. The van der Waals surface area contributed by atoms with Crippen molar-refractivity contribution in [2.75, 3.05) is 13.1 Å². The molecule has 0 unspecified atom stereocenters. The van der Waals surface area contributed by atoms with Gasteiger partial charge in [0.05, 0.1) is 24.0 Å². The molecule has 0 spiro atoms. The lowest BCUT2D eigenvalue weighted by Gasteiger charge is -2.16. The minimum atomic E-state index is -2.80. The number of aromatic nitrogens is 4. The van der Waals surface area contributed by atoms with Gasteiger partial charge in [-0.1, -0.05) is 24.3 Å². The predicted octanol–water partition coefficient (Wildman–Crippen LogP) is 4.04. The second-order valence-corrected chi connectivity index (χ2v) is 8.04. The number of H-pyrrole nitrogens is 1. The molecule has 0 aliphatic carbocycles. The molecule has 1 aliphatic heterocycles. The Bertz CT molecular complexity index is 1260. The fraction of sp³-hybridized carbons (Fsp3) is 0.261. The Morgan fingerprint density at radius 3 is 2.65 bits per heavy atom. The van der Waals surface area contributed by atoms with Crippen molar-refractivity contribution in [3.05, 3.63) is 71.7 Å². The highest BCUT2D eigenvalue weighted by Gasteiger charge is 2.40. The number of hydrogen-bond acceptors (Lipinski definition) is 3. The lowest BCUT2D eigenvalue weighted by molar-refractivity contribution is 0.0120. The Hall–Kier alpha value is -3.55. The van der Waals surface area contributed by atoms with Crippen LogP contribution in [0.25, 0.3) is 22.0 Å². The SMILES string of the molecule is Cn1cc(-c2ccc(Cc3n[nH]c4ccc(C(=O)N5CCC(F)(F)C5)cc34)cc2)cn1. The van der Waals surface area contributed by atoms with Crippen LogP contribution < -0.4 is 0 Å². The van der Waals surface area contributed by atoms with Crippen molar-refractivity contribution in [3.8, 4) is 11.1 Å². The molecule has 31 heavy (non-hydrogen) atoms. The summed E-state index contributed by atoms with van der Waals surface area (Å²) in [5.74, 6) is -3.17. The zero-order valence-corrected chi connectivity index (χ0v) is 17.0. The zero-order valence-electron chi connectivity index (χ0n) is 17.0. The van der Waals surface area contributed by atoms with Crippen molar-refractivity contribution in [1.29, 1.82) is 0 Å². The molecule has 6 nitrogen and oxygen atoms in total. The smallest absolute Gasteiger partial charge is 0.267 e. The Morgan fingerprint density at radius 2 is 1.97 bits per heavy atom. The van der Waals surface area contributed by atoms with Crippen LogP contribution in [0.1, 0.15) is 28.0 Å². The van der Waals surface area contributed by atoms with Crippen LogP contribution in [0.2, 0.25) is 0 Å². The fourth-order valence-electron chi connectivity index (χ4n) is 4.01. The Kier molecular flexibility index (Phi) is 4.57. The number of nitrogens with one attached hydrogen (secondary N) is 1. The van der Waals surface area contributed by atoms with Crippen molar-refractivity contribution in [2.24, 2.45) is 7.05 Å². The Labute approximate surface area is 177 Å². The summed E-state index contributed by atoms with van der Waals surface area (Å²) in [6.45, 7) is -0.448. The number of likely N-dealkylation sites (tertiary alicyclic amines) is 1. The number of carbonyl (C=O) groups excluding carboxylic acids is 1. The lowest BCUT2D eigenvalue weighted by Crippen LogP contribution is -2.31. The second-order valence-electron chi connectivity index (χ2n) is 8.04. The molecule has 1 amide bonds. The van der Waals surface area contributed by atoms with Gasteiger partial charge in [0.25, 0.3) is 11.8 Å². The van der Waals surface area contributed by atoms with Crippen LogP contribution in [0, 0.1) is 0 Å². The number of alkyl halides is 2. The van der Waals surface area contributed by atoms with Gasteiger partial charge in [0.2, 0.25) is 0 Å². The number of rotatable bonds is 4. The highest BCUT2D eigenvalue weighted by Crippen LogP contribution is 2.29. The van der Waals surface area contributed by atoms with Crippen molar-refractivity contribution in [1.82, 2.24) is 24.9 Å². The van der Waals surface area contributed by atoms with E-state index >= 15 is 0 Å². The van der Waals surface area contributed by atoms with Gasteiger partial charge in [0.1, 0.15) is 0 Å². The van der Waals surface area contributed by atoms with E-state index < -0.39 is 12.5 Å². The average Bonchev–Trinajstić information content (AvgIpc) is 3.46. The summed E-state index contributed by atoms with van der Waals surface area (Å²) >= 11 is 0. The molecule has 0 saturated carbocycles. The summed E-state index contributed by atoms with van der Waals surface area (Å²) in [6, 6.07) is 13.4. The lowest BCUT2D eigenvalue weighted by atomic mass is 10.0. The number of aryl methyl sites for hydroxylation is 1. The van der Waals surface area contributed by atoms with E-state index in [1.54, 1.807) is 22.9 Å². The van der Waals surface area contributed by atoms with Crippen LogP contribution in [0.15, 0.2) is 54.9 Å². The third-order valence-corrected chi connectivity index (χ3v) is 5.71. The molecular weight excluding hydrogens is 400 g/mol. The molecule has 4 aromatic rings. The van der Waals surface area contributed by atoms with Crippen LogP contribution in [-0.2, 0) is 13.5 Å². The minimum Gasteiger partial charge on any atom is -0.332 e. The molecule has 8 heteroatoms. The molecule has 1 aliphatic rings. The molecule has 0 bridgehead atoms. The summed E-state index contributed by atoms with van der Waals surface area (Å²) in [7, 11) is 1.88. The maximum absolute atomic E-state index is 13.5. The number of benzene rings is 2. The Balaban J connectivity index is 1.38. The largest absolute Gasteiger partial charge is 0.332 e. The first kappa shape index (κ1) is 19.4. The molecule has 1 N–H and O–H groups in total. The molecule has 1 fully saturated rings. The molecule has 0 atom stereocenters. The molecule has 5 rings (SSSR count). The van der Waals surface area contributed by atoms with Crippen molar-refractivity contribution in [2.45, 2.75) is 18.8 Å². The van der Waals surface area contributed by atoms with E-state index in [1.165, 1.54) is 4.90 Å². The van der Waals surface area contributed by atoms with Gasteiger partial charge < -0.3 is 4.90 Å². The second kappa shape index (κ2) is 7.30. The standard InChI is InChI=1S/C23H21F2N5O/c1-29-13-18(12-26-29)16-4-2-15(3-5-16)10-21-19-11-17(6-7-20(19)27-28-21)22(31)30-9-8-23(24,25)14-30/h2-7,11-13H,8-10,14H2,1H3,(H,27,28). The summed E-state index contributed by atoms with van der Waals surface area (Å²) in [5, 5.41) is 12.4. The molecule has 3 heterocycles. The van der Waals surface area contributed by atoms with E-state index in [4.69, 9.17) is 0 Å².